The molecule has 1 atom stereocenters. The van der Waals surface area contributed by atoms with Gasteiger partial charge in [0.2, 0.25) is 5.91 Å². The second kappa shape index (κ2) is 9.13. The predicted molar refractivity (Wildman–Crippen MR) is 116 cm³/mol. The first kappa shape index (κ1) is 20.8. The van der Waals surface area contributed by atoms with Crippen molar-refractivity contribution in [2.24, 2.45) is 11.8 Å². The normalized spacial score (nSPS) is 25.8. The van der Waals surface area contributed by atoms with Gasteiger partial charge in [0.15, 0.2) is 0 Å². The number of carbonyl (C=O) groups is 1. The van der Waals surface area contributed by atoms with Crippen LogP contribution in [0.25, 0.3) is 0 Å². The van der Waals surface area contributed by atoms with Crippen LogP contribution >= 0.6 is 0 Å². The fourth-order valence-corrected chi connectivity index (χ4v) is 5.42. The maximum absolute atomic E-state index is 13.0. The third-order valence-electron chi connectivity index (χ3n) is 7.07. The number of likely N-dealkylation sites (tertiary alicyclic amines) is 2. The van der Waals surface area contributed by atoms with Gasteiger partial charge in [0, 0.05) is 37.1 Å². The lowest BCUT2D eigenvalue weighted by molar-refractivity contribution is -0.128. The van der Waals surface area contributed by atoms with Crippen molar-refractivity contribution in [1.82, 2.24) is 20.1 Å². The number of nitrogens with one attached hydrogen (secondary N) is 1. The fraction of sp³-hybridized carbons (Fsp3) is 0.750. The fourth-order valence-electron chi connectivity index (χ4n) is 5.42. The minimum Gasteiger partial charge on any atom is -0.350 e. The monoisotopic (exact) mass is 398 g/mol. The van der Waals surface area contributed by atoms with E-state index < -0.39 is 0 Å². The van der Waals surface area contributed by atoms with Crippen LogP contribution in [0, 0.1) is 11.8 Å². The van der Waals surface area contributed by atoms with Gasteiger partial charge in [-0.3, -0.25) is 19.6 Å². The topological polar surface area (TPSA) is 48.5 Å². The van der Waals surface area contributed by atoms with Crippen LogP contribution in [-0.4, -0.2) is 58.5 Å². The molecule has 0 unspecified atom stereocenters. The van der Waals surface area contributed by atoms with Gasteiger partial charge < -0.3 is 5.32 Å². The van der Waals surface area contributed by atoms with Gasteiger partial charge in [-0.15, -0.1) is 0 Å². The summed E-state index contributed by atoms with van der Waals surface area (Å²) in [6.45, 7) is 9.92. The Labute approximate surface area is 176 Å². The summed E-state index contributed by atoms with van der Waals surface area (Å²) in [6.07, 6.45) is 11.9. The molecule has 0 spiro atoms. The van der Waals surface area contributed by atoms with Crippen LogP contribution in [0.4, 0.5) is 0 Å². The summed E-state index contributed by atoms with van der Waals surface area (Å²) >= 11 is 0. The highest BCUT2D eigenvalue weighted by molar-refractivity contribution is 5.80. The molecule has 29 heavy (non-hydrogen) atoms. The van der Waals surface area contributed by atoms with Gasteiger partial charge in [-0.2, -0.15) is 0 Å². The van der Waals surface area contributed by atoms with E-state index in [1.807, 2.05) is 18.5 Å². The molecule has 3 aliphatic rings. The van der Waals surface area contributed by atoms with E-state index in [1.54, 1.807) is 0 Å². The predicted octanol–water partition coefficient (Wildman–Crippen LogP) is 3.45. The molecule has 1 amide bonds. The molecule has 1 saturated carbocycles. The quantitative estimate of drug-likeness (QED) is 0.764. The number of hydrogen-bond acceptors (Lipinski definition) is 4. The van der Waals surface area contributed by atoms with Gasteiger partial charge in [-0.25, -0.2) is 0 Å². The standard InChI is InChI=1S/C24H38N4O/c1-19(2)15-24(9-10-24)26-23(29)21-6-4-12-28(18-21)22-7-13-27(14-8-22)17-20-5-3-11-25-16-20/h3,5,11,16,19,21-22H,4,6-10,12-15,17-18H2,1-2H3,(H,26,29)/t21-/m0/s1. The van der Waals surface area contributed by atoms with Crippen LogP contribution in [0.2, 0.25) is 0 Å². The lowest BCUT2D eigenvalue weighted by Crippen LogP contribution is -2.52. The summed E-state index contributed by atoms with van der Waals surface area (Å²) in [5, 5.41) is 3.45. The average Bonchev–Trinajstić information content (AvgIpc) is 3.47. The van der Waals surface area contributed by atoms with E-state index in [0.29, 0.717) is 17.9 Å². The smallest absolute Gasteiger partial charge is 0.224 e. The van der Waals surface area contributed by atoms with Crippen molar-refractivity contribution < 1.29 is 4.79 Å². The molecule has 1 aromatic rings. The second-order valence-corrected chi connectivity index (χ2v) is 10.1. The Hall–Kier alpha value is -1.46. The number of piperidine rings is 2. The van der Waals surface area contributed by atoms with Gasteiger partial charge in [0.05, 0.1) is 5.92 Å². The minimum absolute atomic E-state index is 0.130. The summed E-state index contributed by atoms with van der Waals surface area (Å²) in [4.78, 5) is 22.4. The highest BCUT2D eigenvalue weighted by Crippen LogP contribution is 2.41. The molecule has 4 rings (SSSR count). The molecule has 5 nitrogen and oxygen atoms in total. The number of carbonyl (C=O) groups excluding carboxylic acids is 1. The Morgan fingerprint density at radius 2 is 2.03 bits per heavy atom. The molecule has 160 valence electrons. The minimum atomic E-state index is 0.130. The van der Waals surface area contributed by atoms with E-state index in [2.05, 4.69) is 40.0 Å². The number of hydrogen-bond donors (Lipinski definition) is 1. The lowest BCUT2D eigenvalue weighted by atomic mass is 9.92. The van der Waals surface area contributed by atoms with Gasteiger partial charge in [0.1, 0.15) is 0 Å². The third kappa shape index (κ3) is 5.58. The Bertz CT molecular complexity index is 665. The van der Waals surface area contributed by atoms with E-state index in [9.17, 15) is 4.79 Å². The molecule has 2 saturated heterocycles. The molecule has 3 heterocycles. The van der Waals surface area contributed by atoms with Gasteiger partial charge in [0.25, 0.3) is 0 Å². The highest BCUT2D eigenvalue weighted by Gasteiger charge is 2.45. The molecule has 1 N–H and O–H groups in total. The first-order valence-corrected chi connectivity index (χ1v) is 11.7. The number of rotatable bonds is 7. The van der Waals surface area contributed by atoms with Crippen LogP contribution in [0.3, 0.4) is 0 Å². The number of aromatic nitrogens is 1. The molecule has 2 aliphatic heterocycles. The summed E-state index contributed by atoms with van der Waals surface area (Å²) in [6, 6.07) is 4.83. The maximum atomic E-state index is 13.0. The zero-order chi connectivity index (χ0) is 20.3. The lowest BCUT2D eigenvalue weighted by Gasteiger charge is -2.42. The van der Waals surface area contributed by atoms with Crippen LogP contribution in [0.15, 0.2) is 24.5 Å². The summed E-state index contributed by atoms with van der Waals surface area (Å²) in [5.74, 6) is 1.15. The van der Waals surface area contributed by atoms with Crippen molar-refractivity contribution in [2.45, 2.75) is 76.9 Å². The number of amides is 1. The maximum Gasteiger partial charge on any atom is 0.224 e. The van der Waals surface area contributed by atoms with Crippen LogP contribution < -0.4 is 5.32 Å². The molecule has 0 bridgehead atoms. The molecule has 1 aromatic heterocycles. The van der Waals surface area contributed by atoms with Crippen LogP contribution in [-0.2, 0) is 11.3 Å². The van der Waals surface area contributed by atoms with Crippen molar-refractivity contribution in [2.75, 3.05) is 26.2 Å². The number of nitrogens with zero attached hydrogens (tertiary/aromatic N) is 3. The Kier molecular flexibility index (Phi) is 6.55. The number of pyridine rings is 1. The molecule has 0 aromatic carbocycles. The van der Waals surface area contributed by atoms with Crippen LogP contribution in [0.1, 0.15) is 64.4 Å². The van der Waals surface area contributed by atoms with Crippen molar-refractivity contribution in [1.29, 1.82) is 0 Å². The summed E-state index contributed by atoms with van der Waals surface area (Å²) < 4.78 is 0. The average molecular weight is 399 g/mol. The van der Waals surface area contributed by atoms with E-state index in [-0.39, 0.29) is 11.5 Å². The summed E-state index contributed by atoms with van der Waals surface area (Å²) in [5.41, 5.74) is 1.43. The van der Waals surface area contributed by atoms with E-state index in [4.69, 9.17) is 0 Å². The second-order valence-electron chi connectivity index (χ2n) is 10.1. The molecule has 3 fully saturated rings. The Morgan fingerprint density at radius 3 is 2.69 bits per heavy atom. The van der Waals surface area contributed by atoms with E-state index in [1.165, 1.54) is 31.2 Å². The van der Waals surface area contributed by atoms with Crippen molar-refractivity contribution in [3.63, 3.8) is 0 Å². The van der Waals surface area contributed by atoms with Crippen LogP contribution in [0.5, 0.6) is 0 Å². The molecule has 1 aliphatic carbocycles. The Balaban J connectivity index is 1.24. The zero-order valence-electron chi connectivity index (χ0n) is 18.3. The van der Waals surface area contributed by atoms with Gasteiger partial charge >= 0.3 is 0 Å². The summed E-state index contributed by atoms with van der Waals surface area (Å²) in [7, 11) is 0. The third-order valence-corrected chi connectivity index (χ3v) is 7.07. The van der Waals surface area contributed by atoms with Crippen molar-refractivity contribution >= 4 is 5.91 Å². The van der Waals surface area contributed by atoms with E-state index in [0.717, 1.165) is 52.0 Å². The van der Waals surface area contributed by atoms with Crippen molar-refractivity contribution in [3.8, 4) is 0 Å². The first-order chi connectivity index (χ1) is 14.0. The largest absolute Gasteiger partial charge is 0.350 e. The van der Waals surface area contributed by atoms with Gasteiger partial charge in [-0.05, 0) is 82.1 Å². The SMILES string of the molecule is CC(C)CC1(NC(=O)[C@H]2CCCN(C3CCN(Cc4cccnc4)CC3)C2)CC1. The zero-order valence-corrected chi connectivity index (χ0v) is 18.3. The van der Waals surface area contributed by atoms with Gasteiger partial charge in [-0.1, -0.05) is 19.9 Å². The first-order valence-electron chi connectivity index (χ1n) is 11.7. The van der Waals surface area contributed by atoms with E-state index >= 15 is 0 Å². The highest BCUT2D eigenvalue weighted by atomic mass is 16.2. The molecular weight excluding hydrogens is 360 g/mol. The Morgan fingerprint density at radius 1 is 1.24 bits per heavy atom. The molecule has 0 radical (unpaired) electrons. The van der Waals surface area contributed by atoms with Crippen molar-refractivity contribution in [3.05, 3.63) is 30.1 Å². The molecule has 5 heteroatoms. The molecular formula is C24H38N4O.